The predicted molar refractivity (Wildman–Crippen MR) is 65.1 cm³/mol. The number of aliphatic hydroxyl groups excluding tert-OH is 1. The smallest absolute Gasteiger partial charge is 0.0540 e. The largest absolute Gasteiger partial charge is 0.393 e. The summed E-state index contributed by atoms with van der Waals surface area (Å²) in [5.41, 5.74) is 0. The molecule has 0 aromatic heterocycles. The van der Waals surface area contributed by atoms with Gasteiger partial charge in [-0.1, -0.05) is 39.5 Å². The monoisotopic (exact) mass is 216 g/mol. The first-order valence-corrected chi connectivity index (χ1v) is 6.57. The molecule has 0 bridgehead atoms. The Labute approximate surface area is 95.0 Å². The molecule has 1 N–H and O–H groups in total. The fourth-order valence-electron chi connectivity index (χ4n) is 1.50. The Bertz CT molecular complexity index is 103. The summed E-state index contributed by atoms with van der Waals surface area (Å²) in [4.78, 5) is 0. The highest BCUT2D eigenvalue weighted by molar-refractivity contribution is 4.63. The standard InChI is InChI=1S/C8H18O.C5H10O/c1-3-5-7-9-8-6-4-2;6-5-3-1-2-4-5/h3-8H2,1-2H3;5-6H,1-4H2. The van der Waals surface area contributed by atoms with Gasteiger partial charge in [0.25, 0.3) is 0 Å². The quantitative estimate of drug-likeness (QED) is 0.688. The lowest BCUT2D eigenvalue weighted by atomic mass is 10.3. The first-order chi connectivity index (χ1) is 7.31. The van der Waals surface area contributed by atoms with E-state index in [1.165, 1.54) is 38.5 Å². The maximum absolute atomic E-state index is 8.73. The third kappa shape index (κ3) is 11.8. The topological polar surface area (TPSA) is 29.5 Å². The zero-order chi connectivity index (χ0) is 11.4. The molecule has 0 unspecified atom stereocenters. The molecule has 0 aromatic rings. The molecule has 1 aliphatic rings. The number of ether oxygens (including phenoxy) is 1. The molecule has 1 rings (SSSR count). The van der Waals surface area contributed by atoms with Crippen LogP contribution in [0.25, 0.3) is 0 Å². The van der Waals surface area contributed by atoms with Crippen molar-refractivity contribution in [3.05, 3.63) is 0 Å². The van der Waals surface area contributed by atoms with Crippen molar-refractivity contribution in [2.24, 2.45) is 0 Å². The SMILES string of the molecule is CCCCOCCCC.OC1CCCC1. The number of hydrogen-bond donors (Lipinski definition) is 1. The van der Waals surface area contributed by atoms with Crippen LogP contribution in [0.1, 0.15) is 65.2 Å². The minimum Gasteiger partial charge on any atom is -0.393 e. The highest BCUT2D eigenvalue weighted by Crippen LogP contribution is 2.16. The van der Waals surface area contributed by atoms with Crippen LogP contribution in [0.15, 0.2) is 0 Å². The highest BCUT2D eigenvalue weighted by atomic mass is 16.5. The summed E-state index contributed by atoms with van der Waals surface area (Å²) in [6.45, 7) is 6.28. The molecule has 0 atom stereocenters. The average Bonchev–Trinajstić information content (AvgIpc) is 2.70. The second-order valence-electron chi connectivity index (χ2n) is 4.26. The van der Waals surface area contributed by atoms with Crippen molar-refractivity contribution >= 4 is 0 Å². The van der Waals surface area contributed by atoms with E-state index in [0.717, 1.165) is 26.1 Å². The Kier molecular flexibility index (Phi) is 11.9. The van der Waals surface area contributed by atoms with Crippen molar-refractivity contribution in [2.75, 3.05) is 13.2 Å². The summed E-state index contributed by atoms with van der Waals surface area (Å²) in [6, 6.07) is 0. The summed E-state index contributed by atoms with van der Waals surface area (Å²) in [6.07, 6.45) is 9.51. The zero-order valence-corrected chi connectivity index (χ0v) is 10.5. The van der Waals surface area contributed by atoms with E-state index in [0.29, 0.717) is 0 Å². The van der Waals surface area contributed by atoms with Crippen LogP contribution in [0.4, 0.5) is 0 Å². The first kappa shape index (κ1) is 14.9. The minimum absolute atomic E-state index is 0.0463. The zero-order valence-electron chi connectivity index (χ0n) is 10.5. The second-order valence-corrected chi connectivity index (χ2v) is 4.26. The van der Waals surface area contributed by atoms with Gasteiger partial charge >= 0.3 is 0 Å². The molecule has 0 aromatic carbocycles. The van der Waals surface area contributed by atoms with E-state index in [2.05, 4.69) is 13.8 Å². The maximum atomic E-state index is 8.73. The second kappa shape index (κ2) is 12.0. The van der Waals surface area contributed by atoms with Crippen LogP contribution in [0.5, 0.6) is 0 Å². The van der Waals surface area contributed by atoms with Gasteiger partial charge < -0.3 is 9.84 Å². The fourth-order valence-corrected chi connectivity index (χ4v) is 1.50. The van der Waals surface area contributed by atoms with Gasteiger partial charge in [0.15, 0.2) is 0 Å². The molecule has 0 radical (unpaired) electrons. The van der Waals surface area contributed by atoms with Crippen LogP contribution in [0.3, 0.4) is 0 Å². The summed E-state index contributed by atoms with van der Waals surface area (Å²) in [7, 11) is 0. The third-order valence-corrected chi connectivity index (χ3v) is 2.61. The predicted octanol–water partition coefficient (Wildman–Crippen LogP) is 3.52. The van der Waals surface area contributed by atoms with Gasteiger partial charge in [-0.05, 0) is 25.7 Å². The summed E-state index contributed by atoms with van der Waals surface area (Å²) >= 11 is 0. The van der Waals surface area contributed by atoms with E-state index in [9.17, 15) is 0 Å². The Balaban J connectivity index is 0.000000280. The molecule has 1 saturated carbocycles. The summed E-state index contributed by atoms with van der Waals surface area (Å²) in [5, 5.41) is 8.73. The van der Waals surface area contributed by atoms with E-state index in [1.807, 2.05) is 0 Å². The molecule has 0 heterocycles. The summed E-state index contributed by atoms with van der Waals surface area (Å²) in [5.74, 6) is 0. The summed E-state index contributed by atoms with van der Waals surface area (Å²) < 4.78 is 5.31. The van der Waals surface area contributed by atoms with Crippen molar-refractivity contribution in [3.63, 3.8) is 0 Å². The molecule has 15 heavy (non-hydrogen) atoms. The molecule has 1 aliphatic carbocycles. The number of hydrogen-bond acceptors (Lipinski definition) is 2. The Morgan fingerprint density at radius 1 is 1.00 bits per heavy atom. The number of rotatable bonds is 6. The van der Waals surface area contributed by atoms with Gasteiger partial charge in [0.1, 0.15) is 0 Å². The number of aliphatic hydroxyl groups is 1. The van der Waals surface area contributed by atoms with Crippen LogP contribution in [0.2, 0.25) is 0 Å². The van der Waals surface area contributed by atoms with Crippen LogP contribution in [-0.2, 0) is 4.74 Å². The van der Waals surface area contributed by atoms with Gasteiger partial charge in [-0.3, -0.25) is 0 Å². The molecule has 0 aliphatic heterocycles. The van der Waals surface area contributed by atoms with Gasteiger partial charge in [0, 0.05) is 13.2 Å². The van der Waals surface area contributed by atoms with Crippen molar-refractivity contribution in [1.82, 2.24) is 0 Å². The van der Waals surface area contributed by atoms with E-state index in [4.69, 9.17) is 9.84 Å². The van der Waals surface area contributed by atoms with Crippen molar-refractivity contribution in [3.8, 4) is 0 Å². The lowest BCUT2D eigenvalue weighted by Gasteiger charge is -1.99. The van der Waals surface area contributed by atoms with E-state index in [-0.39, 0.29) is 6.10 Å². The third-order valence-electron chi connectivity index (χ3n) is 2.61. The highest BCUT2D eigenvalue weighted by Gasteiger charge is 2.09. The molecule has 0 saturated heterocycles. The van der Waals surface area contributed by atoms with Crippen LogP contribution in [0, 0.1) is 0 Å². The van der Waals surface area contributed by atoms with Gasteiger partial charge in [0.05, 0.1) is 6.10 Å². The molecule has 2 nitrogen and oxygen atoms in total. The molecule has 0 spiro atoms. The van der Waals surface area contributed by atoms with E-state index < -0.39 is 0 Å². The van der Waals surface area contributed by atoms with E-state index in [1.54, 1.807) is 0 Å². The molecular formula is C13H28O2. The Morgan fingerprint density at radius 3 is 1.73 bits per heavy atom. The van der Waals surface area contributed by atoms with Crippen LogP contribution < -0.4 is 0 Å². The minimum atomic E-state index is 0.0463. The van der Waals surface area contributed by atoms with Gasteiger partial charge in [-0.25, -0.2) is 0 Å². The lowest BCUT2D eigenvalue weighted by Crippen LogP contribution is -1.95. The molecule has 1 fully saturated rings. The first-order valence-electron chi connectivity index (χ1n) is 6.57. The van der Waals surface area contributed by atoms with Crippen LogP contribution >= 0.6 is 0 Å². The van der Waals surface area contributed by atoms with Crippen molar-refractivity contribution in [2.45, 2.75) is 71.3 Å². The van der Waals surface area contributed by atoms with Crippen molar-refractivity contribution in [1.29, 1.82) is 0 Å². The normalized spacial score (nSPS) is 16.2. The molecule has 0 amide bonds. The Hall–Kier alpha value is -0.0800. The van der Waals surface area contributed by atoms with E-state index >= 15 is 0 Å². The Morgan fingerprint density at radius 2 is 1.47 bits per heavy atom. The molecular weight excluding hydrogens is 188 g/mol. The molecule has 2 heteroatoms. The maximum Gasteiger partial charge on any atom is 0.0540 e. The van der Waals surface area contributed by atoms with Gasteiger partial charge in [0.2, 0.25) is 0 Å². The van der Waals surface area contributed by atoms with Gasteiger partial charge in [-0.15, -0.1) is 0 Å². The van der Waals surface area contributed by atoms with Gasteiger partial charge in [-0.2, -0.15) is 0 Å². The lowest BCUT2D eigenvalue weighted by molar-refractivity contribution is 0.128. The number of unbranched alkanes of at least 4 members (excludes halogenated alkanes) is 2. The fraction of sp³-hybridized carbons (Fsp3) is 1.00. The molecule has 92 valence electrons. The van der Waals surface area contributed by atoms with Crippen molar-refractivity contribution < 1.29 is 9.84 Å². The van der Waals surface area contributed by atoms with Crippen LogP contribution in [-0.4, -0.2) is 24.4 Å². The average molecular weight is 216 g/mol.